The minimum atomic E-state index is 0.242. The van der Waals surface area contributed by atoms with Gasteiger partial charge in [-0.25, -0.2) is 9.97 Å². The van der Waals surface area contributed by atoms with E-state index in [9.17, 15) is 0 Å². The van der Waals surface area contributed by atoms with Crippen LogP contribution in [-0.2, 0) is 4.74 Å². The summed E-state index contributed by atoms with van der Waals surface area (Å²) < 4.78 is 5.76. The zero-order chi connectivity index (χ0) is 9.68. The van der Waals surface area contributed by atoms with Gasteiger partial charge >= 0.3 is 0 Å². The van der Waals surface area contributed by atoms with Gasteiger partial charge in [0.25, 0.3) is 0 Å². The second-order valence-corrected chi connectivity index (χ2v) is 3.54. The molecule has 1 heterocycles. The summed E-state index contributed by atoms with van der Waals surface area (Å²) >= 11 is 3.27. The van der Waals surface area contributed by atoms with Crippen molar-refractivity contribution in [2.45, 2.75) is 13.0 Å². The molecule has 72 valence electrons. The fraction of sp³-hybridized carbons (Fsp3) is 0.500. The zero-order valence-electron chi connectivity index (χ0n) is 7.62. The van der Waals surface area contributed by atoms with E-state index in [1.807, 2.05) is 13.0 Å². The van der Waals surface area contributed by atoms with Crippen molar-refractivity contribution in [2.75, 3.05) is 19.0 Å². The van der Waals surface area contributed by atoms with Crippen molar-refractivity contribution in [2.24, 2.45) is 0 Å². The van der Waals surface area contributed by atoms with E-state index in [0.717, 1.165) is 10.4 Å². The van der Waals surface area contributed by atoms with E-state index in [-0.39, 0.29) is 6.04 Å². The van der Waals surface area contributed by atoms with E-state index in [0.29, 0.717) is 6.61 Å². The number of methoxy groups -OCH3 is 1. The summed E-state index contributed by atoms with van der Waals surface area (Å²) in [7, 11) is 1.67. The van der Waals surface area contributed by atoms with E-state index in [4.69, 9.17) is 4.74 Å². The minimum absolute atomic E-state index is 0.242. The Morgan fingerprint density at radius 1 is 1.62 bits per heavy atom. The topological polar surface area (TPSA) is 47.0 Å². The number of anilines is 1. The normalized spacial score (nSPS) is 12.5. The molecule has 0 spiro atoms. The SMILES string of the molecule is COCC(C)Nc1cc(Br)ncn1. The first-order valence-corrected chi connectivity index (χ1v) is 4.74. The molecule has 0 radical (unpaired) electrons. The number of hydrogen-bond donors (Lipinski definition) is 1. The maximum Gasteiger partial charge on any atom is 0.130 e. The number of aromatic nitrogens is 2. The van der Waals surface area contributed by atoms with Crippen LogP contribution in [-0.4, -0.2) is 29.7 Å². The van der Waals surface area contributed by atoms with Crippen LogP contribution in [0, 0.1) is 0 Å². The summed E-state index contributed by atoms with van der Waals surface area (Å²) in [5.74, 6) is 0.798. The van der Waals surface area contributed by atoms with Crippen molar-refractivity contribution in [3.63, 3.8) is 0 Å². The highest BCUT2D eigenvalue weighted by molar-refractivity contribution is 9.10. The molecule has 1 rings (SSSR count). The maximum absolute atomic E-state index is 4.99. The van der Waals surface area contributed by atoms with E-state index >= 15 is 0 Å². The van der Waals surface area contributed by atoms with Crippen LogP contribution in [0.2, 0.25) is 0 Å². The van der Waals surface area contributed by atoms with Gasteiger partial charge in [-0.15, -0.1) is 0 Å². The molecule has 0 aliphatic rings. The molecule has 0 amide bonds. The first-order chi connectivity index (χ1) is 6.22. The first kappa shape index (κ1) is 10.4. The van der Waals surface area contributed by atoms with Crippen LogP contribution < -0.4 is 5.32 Å². The molecule has 0 aromatic carbocycles. The van der Waals surface area contributed by atoms with Crippen molar-refractivity contribution in [3.05, 3.63) is 17.0 Å². The number of rotatable bonds is 4. The van der Waals surface area contributed by atoms with E-state index in [1.165, 1.54) is 6.33 Å². The Morgan fingerprint density at radius 2 is 2.38 bits per heavy atom. The lowest BCUT2D eigenvalue weighted by Gasteiger charge is -2.12. The predicted octanol–water partition coefficient (Wildman–Crippen LogP) is 1.69. The van der Waals surface area contributed by atoms with Gasteiger partial charge in [-0.05, 0) is 22.9 Å². The third kappa shape index (κ3) is 3.69. The summed E-state index contributed by atoms with van der Waals surface area (Å²) in [5.41, 5.74) is 0. The quantitative estimate of drug-likeness (QED) is 0.821. The zero-order valence-corrected chi connectivity index (χ0v) is 9.21. The highest BCUT2D eigenvalue weighted by Crippen LogP contribution is 2.10. The van der Waals surface area contributed by atoms with E-state index in [1.54, 1.807) is 7.11 Å². The summed E-state index contributed by atoms with van der Waals surface area (Å²) in [6.07, 6.45) is 1.51. The molecule has 1 aromatic rings. The summed E-state index contributed by atoms with van der Waals surface area (Å²) in [6.45, 7) is 2.68. The second kappa shape index (κ2) is 5.14. The van der Waals surface area contributed by atoms with Gasteiger partial charge in [-0.3, -0.25) is 0 Å². The molecule has 0 saturated heterocycles. The van der Waals surface area contributed by atoms with Crippen molar-refractivity contribution in [3.8, 4) is 0 Å². The maximum atomic E-state index is 4.99. The lowest BCUT2D eigenvalue weighted by molar-refractivity contribution is 0.190. The Balaban J connectivity index is 2.53. The molecule has 0 aliphatic heterocycles. The fourth-order valence-corrected chi connectivity index (χ4v) is 1.27. The lowest BCUT2D eigenvalue weighted by Crippen LogP contribution is -2.21. The first-order valence-electron chi connectivity index (χ1n) is 3.95. The van der Waals surface area contributed by atoms with Crippen molar-refractivity contribution >= 4 is 21.7 Å². The lowest BCUT2D eigenvalue weighted by atomic mass is 10.3. The Bertz CT molecular complexity index is 269. The average Bonchev–Trinajstić information content (AvgIpc) is 2.04. The number of nitrogens with one attached hydrogen (secondary N) is 1. The van der Waals surface area contributed by atoms with Gasteiger partial charge in [-0.2, -0.15) is 0 Å². The third-order valence-electron chi connectivity index (χ3n) is 1.44. The summed E-state index contributed by atoms with van der Waals surface area (Å²) in [6, 6.07) is 2.07. The Hall–Kier alpha value is -0.680. The standard InChI is InChI=1S/C8H12BrN3O/c1-6(4-13-2)12-8-3-7(9)10-5-11-8/h3,5-6H,4H2,1-2H3,(H,10,11,12). The smallest absolute Gasteiger partial charge is 0.130 e. The predicted molar refractivity (Wildman–Crippen MR) is 54.7 cm³/mol. The van der Waals surface area contributed by atoms with Gasteiger partial charge in [0.15, 0.2) is 0 Å². The molecule has 5 heteroatoms. The van der Waals surface area contributed by atoms with Crippen LogP contribution in [0.3, 0.4) is 0 Å². The third-order valence-corrected chi connectivity index (χ3v) is 1.88. The molecule has 13 heavy (non-hydrogen) atoms. The highest BCUT2D eigenvalue weighted by atomic mass is 79.9. The van der Waals surface area contributed by atoms with Crippen molar-refractivity contribution in [1.82, 2.24) is 9.97 Å². The van der Waals surface area contributed by atoms with E-state index < -0.39 is 0 Å². The van der Waals surface area contributed by atoms with Gasteiger partial charge in [0, 0.05) is 19.2 Å². The van der Waals surface area contributed by atoms with Gasteiger partial charge in [-0.1, -0.05) is 0 Å². The summed E-state index contributed by atoms with van der Waals surface area (Å²) in [4.78, 5) is 7.98. The molecule has 0 saturated carbocycles. The van der Waals surface area contributed by atoms with Crippen LogP contribution in [0.15, 0.2) is 17.0 Å². The average molecular weight is 246 g/mol. The molecule has 1 aromatic heterocycles. The second-order valence-electron chi connectivity index (χ2n) is 2.73. The van der Waals surface area contributed by atoms with Crippen LogP contribution in [0.5, 0.6) is 0 Å². The van der Waals surface area contributed by atoms with Crippen molar-refractivity contribution < 1.29 is 4.74 Å². The van der Waals surface area contributed by atoms with Gasteiger partial charge in [0.05, 0.1) is 6.61 Å². The van der Waals surface area contributed by atoms with Gasteiger partial charge in [0.2, 0.25) is 0 Å². The number of hydrogen-bond acceptors (Lipinski definition) is 4. The fourth-order valence-electron chi connectivity index (χ4n) is 0.957. The number of ether oxygens (including phenoxy) is 1. The Morgan fingerprint density at radius 3 is 3.00 bits per heavy atom. The molecule has 1 unspecified atom stereocenters. The van der Waals surface area contributed by atoms with Gasteiger partial charge < -0.3 is 10.1 Å². The Kier molecular flexibility index (Phi) is 4.11. The molecular formula is C8H12BrN3O. The number of nitrogens with zero attached hydrogens (tertiary/aromatic N) is 2. The molecule has 4 nitrogen and oxygen atoms in total. The van der Waals surface area contributed by atoms with Crippen molar-refractivity contribution in [1.29, 1.82) is 0 Å². The summed E-state index contributed by atoms with van der Waals surface area (Å²) in [5, 5.41) is 3.18. The van der Waals surface area contributed by atoms with Crippen LogP contribution in [0.1, 0.15) is 6.92 Å². The monoisotopic (exact) mass is 245 g/mol. The minimum Gasteiger partial charge on any atom is -0.383 e. The highest BCUT2D eigenvalue weighted by Gasteiger charge is 2.01. The largest absolute Gasteiger partial charge is 0.383 e. The van der Waals surface area contributed by atoms with Crippen LogP contribution >= 0.6 is 15.9 Å². The molecule has 0 bridgehead atoms. The Labute approximate surface area is 85.9 Å². The molecule has 0 aliphatic carbocycles. The molecule has 0 fully saturated rings. The molecule has 1 atom stereocenters. The molecular weight excluding hydrogens is 234 g/mol. The van der Waals surface area contributed by atoms with E-state index in [2.05, 4.69) is 31.2 Å². The van der Waals surface area contributed by atoms with Gasteiger partial charge in [0.1, 0.15) is 16.7 Å². The van der Waals surface area contributed by atoms with Crippen LogP contribution in [0.25, 0.3) is 0 Å². The van der Waals surface area contributed by atoms with Crippen LogP contribution in [0.4, 0.5) is 5.82 Å². The number of halogens is 1. The molecule has 1 N–H and O–H groups in total.